The molecule has 1 heterocycles. The first-order valence-electron chi connectivity index (χ1n) is 8.09. The Hall–Kier alpha value is -3.22. The first-order valence-corrected chi connectivity index (χ1v) is 8.09. The Balaban J connectivity index is 1.69. The normalized spacial score (nSPS) is 10.6. The van der Waals surface area contributed by atoms with Crippen LogP contribution in [0.3, 0.4) is 0 Å². The number of rotatable bonds is 7. The fourth-order valence-corrected chi connectivity index (χ4v) is 2.71. The third-order valence-electron chi connectivity index (χ3n) is 4.00. The minimum atomic E-state index is -0.155. The number of fused-ring (bicyclic) bond motifs is 1. The Morgan fingerprint density at radius 3 is 2.42 bits per heavy atom. The van der Waals surface area contributed by atoms with Crippen LogP contribution in [-0.2, 0) is 11.2 Å². The zero-order valence-electron chi connectivity index (χ0n) is 14.9. The largest absolute Gasteiger partial charge is 0.493 e. The summed E-state index contributed by atoms with van der Waals surface area (Å²) >= 11 is 0. The number of ether oxygens (including phenoxy) is 3. The second-order valence-electron chi connectivity index (χ2n) is 5.61. The van der Waals surface area contributed by atoms with Gasteiger partial charge >= 0.3 is 0 Å². The topological polar surface area (TPSA) is 82.8 Å². The summed E-state index contributed by atoms with van der Waals surface area (Å²) in [4.78, 5) is 12.3. The van der Waals surface area contributed by atoms with Crippen LogP contribution in [0.1, 0.15) is 12.0 Å². The first kappa shape index (κ1) is 17.6. The van der Waals surface area contributed by atoms with Crippen molar-refractivity contribution in [3.05, 3.63) is 42.0 Å². The van der Waals surface area contributed by atoms with Crippen molar-refractivity contribution in [3.8, 4) is 17.2 Å². The molecule has 1 amide bonds. The summed E-state index contributed by atoms with van der Waals surface area (Å²) in [5.41, 5.74) is 1.53. The molecule has 0 aliphatic heterocycles. The molecule has 7 heteroatoms. The summed E-state index contributed by atoms with van der Waals surface area (Å²) in [5.74, 6) is 1.92. The number of aromatic nitrogens is 1. The number of hydrogen-bond acceptors (Lipinski definition) is 6. The van der Waals surface area contributed by atoms with Gasteiger partial charge in [0, 0.05) is 6.42 Å². The third-order valence-corrected chi connectivity index (χ3v) is 4.00. The van der Waals surface area contributed by atoms with E-state index in [0.717, 1.165) is 10.9 Å². The van der Waals surface area contributed by atoms with Crippen LogP contribution in [0, 0.1) is 0 Å². The lowest BCUT2D eigenvalue weighted by Crippen LogP contribution is -2.12. The molecule has 0 aliphatic carbocycles. The van der Waals surface area contributed by atoms with Crippen molar-refractivity contribution in [2.24, 2.45) is 0 Å². The summed E-state index contributed by atoms with van der Waals surface area (Å²) < 4.78 is 21.2. The Bertz CT molecular complexity index is 894. The van der Waals surface area contributed by atoms with Gasteiger partial charge in [0.25, 0.3) is 0 Å². The summed E-state index contributed by atoms with van der Waals surface area (Å²) in [6.07, 6.45) is 0.790. The van der Waals surface area contributed by atoms with Crippen LogP contribution < -0.4 is 19.5 Å². The fourth-order valence-electron chi connectivity index (χ4n) is 2.71. The number of benzene rings is 2. The molecule has 0 unspecified atom stereocenters. The van der Waals surface area contributed by atoms with Crippen molar-refractivity contribution in [2.75, 3.05) is 26.6 Å². The Labute approximate surface area is 150 Å². The number of anilines is 1. The number of amides is 1. The lowest BCUT2D eigenvalue weighted by atomic mass is 10.1. The number of para-hydroxylation sites is 1. The Kier molecular flexibility index (Phi) is 5.26. The second kappa shape index (κ2) is 7.77. The maximum absolute atomic E-state index is 12.3. The number of hydrogen-bond donors (Lipinski definition) is 1. The van der Waals surface area contributed by atoms with E-state index in [1.165, 1.54) is 0 Å². The van der Waals surface area contributed by atoms with E-state index in [1.54, 1.807) is 27.4 Å². The van der Waals surface area contributed by atoms with Crippen LogP contribution in [0.5, 0.6) is 17.2 Å². The molecular weight excluding hydrogens is 336 g/mol. The Morgan fingerprint density at radius 1 is 1.08 bits per heavy atom. The van der Waals surface area contributed by atoms with Gasteiger partial charge in [0.15, 0.2) is 22.9 Å². The summed E-state index contributed by atoms with van der Waals surface area (Å²) in [6.45, 7) is 0. The minimum Gasteiger partial charge on any atom is -0.493 e. The van der Waals surface area contributed by atoms with Gasteiger partial charge in [-0.15, -0.1) is 0 Å². The molecule has 0 spiro atoms. The highest BCUT2D eigenvalue weighted by Crippen LogP contribution is 2.38. The lowest BCUT2D eigenvalue weighted by molar-refractivity contribution is -0.116. The number of carbonyl (C=O) groups is 1. The highest BCUT2D eigenvalue weighted by Gasteiger charge is 2.15. The predicted molar refractivity (Wildman–Crippen MR) is 97.1 cm³/mol. The number of carbonyl (C=O) groups excluding carboxylic acids is 1. The van der Waals surface area contributed by atoms with Crippen molar-refractivity contribution in [3.63, 3.8) is 0 Å². The van der Waals surface area contributed by atoms with E-state index in [-0.39, 0.29) is 12.3 Å². The first-order chi connectivity index (χ1) is 12.7. The van der Waals surface area contributed by atoms with E-state index < -0.39 is 0 Å². The molecule has 1 aromatic heterocycles. The second-order valence-corrected chi connectivity index (χ2v) is 5.61. The lowest BCUT2D eigenvalue weighted by Gasteiger charge is -2.14. The van der Waals surface area contributed by atoms with Crippen LogP contribution >= 0.6 is 0 Å². The van der Waals surface area contributed by atoms with E-state index >= 15 is 0 Å². The van der Waals surface area contributed by atoms with Crippen molar-refractivity contribution in [2.45, 2.75) is 12.8 Å². The summed E-state index contributed by atoms with van der Waals surface area (Å²) in [7, 11) is 4.67. The number of nitrogens with one attached hydrogen (secondary N) is 1. The van der Waals surface area contributed by atoms with Gasteiger partial charge in [-0.1, -0.05) is 17.3 Å². The highest BCUT2D eigenvalue weighted by atomic mass is 16.5. The van der Waals surface area contributed by atoms with Crippen molar-refractivity contribution >= 4 is 22.7 Å². The highest BCUT2D eigenvalue weighted by molar-refractivity contribution is 5.98. The molecule has 7 nitrogen and oxygen atoms in total. The van der Waals surface area contributed by atoms with Gasteiger partial charge in [-0.25, -0.2) is 0 Å². The van der Waals surface area contributed by atoms with E-state index in [9.17, 15) is 4.79 Å². The van der Waals surface area contributed by atoms with Gasteiger partial charge in [0.1, 0.15) is 0 Å². The van der Waals surface area contributed by atoms with Crippen LogP contribution in [0.4, 0.5) is 5.82 Å². The average Bonchev–Trinajstić information content (AvgIpc) is 3.08. The molecule has 26 heavy (non-hydrogen) atoms. The molecule has 0 fully saturated rings. The van der Waals surface area contributed by atoms with Gasteiger partial charge < -0.3 is 24.1 Å². The molecule has 0 saturated carbocycles. The molecule has 0 saturated heterocycles. The maximum atomic E-state index is 12.3. The fraction of sp³-hybridized carbons (Fsp3) is 0.263. The zero-order chi connectivity index (χ0) is 18.5. The van der Waals surface area contributed by atoms with Gasteiger partial charge in [0.05, 0.1) is 26.7 Å². The monoisotopic (exact) mass is 356 g/mol. The maximum Gasteiger partial charge on any atom is 0.225 e. The third kappa shape index (κ3) is 3.56. The van der Waals surface area contributed by atoms with Crippen molar-refractivity contribution in [1.29, 1.82) is 0 Å². The van der Waals surface area contributed by atoms with Gasteiger partial charge in [-0.2, -0.15) is 0 Å². The van der Waals surface area contributed by atoms with E-state index in [4.69, 9.17) is 18.7 Å². The SMILES string of the molecule is COc1cc(CCC(=O)Nc2noc3ccccc23)cc(OC)c1OC. The summed E-state index contributed by atoms with van der Waals surface area (Å²) in [5, 5.41) is 7.46. The van der Waals surface area contributed by atoms with E-state index in [2.05, 4.69) is 10.5 Å². The smallest absolute Gasteiger partial charge is 0.225 e. The predicted octanol–water partition coefficient (Wildman–Crippen LogP) is 3.42. The minimum absolute atomic E-state index is 0.155. The van der Waals surface area contributed by atoms with E-state index in [0.29, 0.717) is 35.1 Å². The number of methoxy groups -OCH3 is 3. The van der Waals surface area contributed by atoms with Crippen molar-refractivity contribution < 1.29 is 23.5 Å². The summed E-state index contributed by atoms with van der Waals surface area (Å²) in [6, 6.07) is 11.0. The van der Waals surface area contributed by atoms with E-state index in [1.807, 2.05) is 30.3 Å². The average molecular weight is 356 g/mol. The molecule has 0 radical (unpaired) electrons. The Morgan fingerprint density at radius 2 is 1.77 bits per heavy atom. The zero-order valence-corrected chi connectivity index (χ0v) is 14.9. The molecular formula is C19H20N2O5. The molecule has 2 aromatic carbocycles. The number of aryl methyl sites for hydroxylation is 1. The van der Waals surface area contributed by atoms with Crippen LogP contribution in [0.2, 0.25) is 0 Å². The quantitative estimate of drug-likeness (QED) is 0.698. The van der Waals surface area contributed by atoms with Crippen LogP contribution in [0.25, 0.3) is 11.0 Å². The molecule has 0 aliphatic rings. The van der Waals surface area contributed by atoms with Crippen LogP contribution in [0.15, 0.2) is 40.9 Å². The van der Waals surface area contributed by atoms with Crippen LogP contribution in [-0.4, -0.2) is 32.4 Å². The standard InChI is InChI=1S/C19H20N2O5/c1-23-15-10-12(11-16(24-2)18(15)25-3)8-9-17(22)20-19-13-6-4-5-7-14(13)26-21-19/h4-7,10-11H,8-9H2,1-3H3,(H,20,21,22). The van der Waals surface area contributed by atoms with Gasteiger partial charge in [-0.05, 0) is 36.2 Å². The van der Waals surface area contributed by atoms with Crippen molar-refractivity contribution in [1.82, 2.24) is 5.16 Å². The van der Waals surface area contributed by atoms with Gasteiger partial charge in [-0.3, -0.25) is 4.79 Å². The molecule has 136 valence electrons. The molecule has 1 N–H and O–H groups in total. The molecule has 0 bridgehead atoms. The molecule has 3 aromatic rings. The van der Waals surface area contributed by atoms with Gasteiger partial charge in [0.2, 0.25) is 11.7 Å². The molecule has 3 rings (SSSR count). The number of nitrogens with zero attached hydrogens (tertiary/aromatic N) is 1. The molecule has 0 atom stereocenters.